The Hall–Kier alpha value is -2.20. The Morgan fingerprint density at radius 1 is 1.15 bits per heavy atom. The summed E-state index contributed by atoms with van der Waals surface area (Å²) >= 11 is 0. The number of aliphatic carboxylic acids is 1. The van der Waals surface area contributed by atoms with Crippen molar-refractivity contribution in [1.29, 1.82) is 0 Å². The van der Waals surface area contributed by atoms with E-state index in [0.717, 1.165) is 0 Å². The molecule has 0 aliphatic heterocycles. The van der Waals surface area contributed by atoms with Crippen molar-refractivity contribution >= 4 is 23.7 Å². The maximum absolute atomic E-state index is 11.5. The van der Waals surface area contributed by atoms with Gasteiger partial charge in [0.2, 0.25) is 17.7 Å². The number of hydrogen-bond acceptors (Lipinski definition) is 6. The largest absolute Gasteiger partial charge is 0.480 e. The van der Waals surface area contributed by atoms with Crippen molar-refractivity contribution in [1.82, 2.24) is 16.0 Å². The van der Waals surface area contributed by atoms with Gasteiger partial charge in [-0.05, 0) is 6.92 Å². The van der Waals surface area contributed by atoms with E-state index in [4.69, 9.17) is 15.9 Å². The van der Waals surface area contributed by atoms with Crippen molar-refractivity contribution in [3.63, 3.8) is 0 Å². The molecule has 7 N–H and O–H groups in total. The lowest BCUT2D eigenvalue weighted by Crippen LogP contribution is -2.52. The highest BCUT2D eigenvalue weighted by atomic mass is 16.4. The second-order valence-electron chi connectivity index (χ2n) is 3.85. The highest BCUT2D eigenvalue weighted by Gasteiger charge is 2.20. The van der Waals surface area contributed by atoms with Gasteiger partial charge in [-0.25, -0.2) is 0 Å². The molecule has 10 heteroatoms. The number of rotatable bonds is 8. The van der Waals surface area contributed by atoms with Gasteiger partial charge in [0.1, 0.15) is 12.1 Å². The van der Waals surface area contributed by atoms with Gasteiger partial charge in [-0.2, -0.15) is 0 Å². The van der Waals surface area contributed by atoms with Crippen LogP contribution < -0.4 is 21.7 Å². The minimum atomic E-state index is -1.23. The molecule has 0 bridgehead atoms. The van der Waals surface area contributed by atoms with E-state index in [1.165, 1.54) is 6.92 Å². The molecule has 114 valence electrons. The number of carbonyl (C=O) groups is 4. The summed E-state index contributed by atoms with van der Waals surface area (Å²) in [5.74, 6) is -3.35. The monoisotopic (exact) mass is 290 g/mol. The molecule has 20 heavy (non-hydrogen) atoms. The van der Waals surface area contributed by atoms with Crippen molar-refractivity contribution in [2.45, 2.75) is 19.0 Å². The van der Waals surface area contributed by atoms with Crippen LogP contribution in [0.1, 0.15) is 6.92 Å². The smallest absolute Gasteiger partial charge is 0.325 e. The fourth-order valence-corrected chi connectivity index (χ4v) is 1.09. The Bertz CT molecular complexity index is 386. The normalized spacial score (nSPS) is 12.9. The summed E-state index contributed by atoms with van der Waals surface area (Å²) in [6.07, 6.45) is 0. The standard InChI is InChI=1S/C10H18N4O6/c1-5(10(19)20)13-8(17)3-12-9(18)6(4-15)14-7(16)2-11/h5-6,15H,2-4,11H2,1H3,(H,12,18)(H,13,17)(H,14,16)(H,19,20). The van der Waals surface area contributed by atoms with Crippen LogP contribution >= 0.6 is 0 Å². The second-order valence-corrected chi connectivity index (χ2v) is 3.85. The molecule has 0 aromatic rings. The lowest BCUT2D eigenvalue weighted by Gasteiger charge is -2.16. The van der Waals surface area contributed by atoms with Gasteiger partial charge >= 0.3 is 5.97 Å². The number of carbonyl (C=O) groups excluding carboxylic acids is 3. The summed E-state index contributed by atoms with van der Waals surface area (Å²) in [6, 6.07) is -2.32. The maximum Gasteiger partial charge on any atom is 0.325 e. The summed E-state index contributed by atoms with van der Waals surface area (Å²) in [5.41, 5.74) is 5.04. The molecule has 0 heterocycles. The third-order valence-electron chi connectivity index (χ3n) is 2.19. The fourth-order valence-electron chi connectivity index (χ4n) is 1.09. The number of amides is 3. The molecule has 2 atom stereocenters. The van der Waals surface area contributed by atoms with E-state index < -0.39 is 48.9 Å². The van der Waals surface area contributed by atoms with E-state index in [9.17, 15) is 19.2 Å². The number of aliphatic hydroxyl groups is 1. The van der Waals surface area contributed by atoms with Gasteiger partial charge in [0.15, 0.2) is 0 Å². The first-order chi connectivity index (χ1) is 9.31. The molecule has 0 spiro atoms. The Morgan fingerprint density at radius 3 is 2.20 bits per heavy atom. The molecule has 0 radical (unpaired) electrons. The molecule has 0 aliphatic carbocycles. The van der Waals surface area contributed by atoms with Crippen molar-refractivity contribution in [2.24, 2.45) is 5.73 Å². The highest BCUT2D eigenvalue weighted by molar-refractivity contribution is 5.91. The molecule has 0 aromatic carbocycles. The second kappa shape index (κ2) is 8.82. The summed E-state index contributed by atoms with van der Waals surface area (Å²) in [5, 5.41) is 23.9. The third-order valence-corrected chi connectivity index (χ3v) is 2.19. The van der Waals surface area contributed by atoms with Crippen LogP contribution in [0.3, 0.4) is 0 Å². The number of carboxylic acids is 1. The molecule has 0 rings (SSSR count). The quantitative estimate of drug-likeness (QED) is 0.265. The number of aliphatic hydroxyl groups excluding tert-OH is 1. The predicted molar refractivity (Wildman–Crippen MR) is 66.3 cm³/mol. The van der Waals surface area contributed by atoms with E-state index in [2.05, 4.69) is 16.0 Å². The van der Waals surface area contributed by atoms with E-state index in [1.54, 1.807) is 0 Å². The summed E-state index contributed by atoms with van der Waals surface area (Å²) in [4.78, 5) is 44.3. The molecule has 0 aliphatic rings. The van der Waals surface area contributed by atoms with Crippen LogP contribution in [0, 0.1) is 0 Å². The van der Waals surface area contributed by atoms with Crippen molar-refractivity contribution < 1.29 is 29.4 Å². The molecule has 10 nitrogen and oxygen atoms in total. The first-order valence-electron chi connectivity index (χ1n) is 5.72. The van der Waals surface area contributed by atoms with Crippen molar-refractivity contribution in [2.75, 3.05) is 19.7 Å². The lowest BCUT2D eigenvalue weighted by molar-refractivity contribution is -0.141. The van der Waals surface area contributed by atoms with Crippen LogP contribution in [0.5, 0.6) is 0 Å². The SMILES string of the molecule is CC(NC(=O)CNC(=O)C(CO)NC(=O)CN)C(=O)O. The maximum atomic E-state index is 11.5. The van der Waals surface area contributed by atoms with E-state index >= 15 is 0 Å². The van der Waals surface area contributed by atoms with Crippen molar-refractivity contribution in [3.8, 4) is 0 Å². The fraction of sp³-hybridized carbons (Fsp3) is 0.600. The minimum absolute atomic E-state index is 0.347. The highest BCUT2D eigenvalue weighted by Crippen LogP contribution is 1.84. The molecule has 3 amide bonds. The molecule has 0 saturated carbocycles. The molecular weight excluding hydrogens is 272 g/mol. The van der Waals surface area contributed by atoms with Crippen LogP contribution in [-0.4, -0.2) is 65.7 Å². The lowest BCUT2D eigenvalue weighted by atomic mass is 10.2. The molecule has 0 fully saturated rings. The Balaban J connectivity index is 4.22. The van der Waals surface area contributed by atoms with Gasteiger partial charge in [0.25, 0.3) is 0 Å². The van der Waals surface area contributed by atoms with Crippen LogP contribution in [0.25, 0.3) is 0 Å². The van der Waals surface area contributed by atoms with Crippen LogP contribution in [-0.2, 0) is 19.2 Å². The van der Waals surface area contributed by atoms with Crippen molar-refractivity contribution in [3.05, 3.63) is 0 Å². The Morgan fingerprint density at radius 2 is 1.75 bits per heavy atom. The van der Waals surface area contributed by atoms with Gasteiger partial charge in [0, 0.05) is 0 Å². The van der Waals surface area contributed by atoms with E-state index in [1.807, 2.05) is 0 Å². The zero-order valence-electron chi connectivity index (χ0n) is 10.9. The Kier molecular flexibility index (Phi) is 7.85. The van der Waals surface area contributed by atoms with Crippen LogP contribution in [0.2, 0.25) is 0 Å². The average Bonchev–Trinajstić information content (AvgIpc) is 2.41. The number of carboxylic acid groups (broad SMARTS) is 1. The zero-order chi connectivity index (χ0) is 15.7. The summed E-state index contributed by atoms with van der Waals surface area (Å²) in [6.45, 7) is -0.226. The van der Waals surface area contributed by atoms with Gasteiger partial charge < -0.3 is 31.9 Å². The topological polar surface area (TPSA) is 171 Å². The molecule has 2 unspecified atom stereocenters. The average molecular weight is 290 g/mol. The van der Waals surface area contributed by atoms with Crippen LogP contribution in [0.4, 0.5) is 0 Å². The van der Waals surface area contributed by atoms with Crippen LogP contribution in [0.15, 0.2) is 0 Å². The molecule has 0 saturated heterocycles. The first kappa shape index (κ1) is 17.8. The van der Waals surface area contributed by atoms with E-state index in [-0.39, 0.29) is 6.54 Å². The van der Waals surface area contributed by atoms with Gasteiger partial charge in [-0.3, -0.25) is 19.2 Å². The van der Waals surface area contributed by atoms with E-state index in [0.29, 0.717) is 0 Å². The third kappa shape index (κ3) is 6.66. The molecule has 0 aromatic heterocycles. The number of hydrogen-bond donors (Lipinski definition) is 6. The van der Waals surface area contributed by atoms with Gasteiger partial charge in [-0.1, -0.05) is 0 Å². The predicted octanol–water partition coefficient (Wildman–Crippen LogP) is -3.87. The minimum Gasteiger partial charge on any atom is -0.480 e. The summed E-state index contributed by atoms with van der Waals surface area (Å²) < 4.78 is 0. The number of nitrogens with two attached hydrogens (primary N) is 1. The van der Waals surface area contributed by atoms with Gasteiger partial charge in [0.05, 0.1) is 19.7 Å². The summed E-state index contributed by atoms with van der Waals surface area (Å²) in [7, 11) is 0. The first-order valence-corrected chi connectivity index (χ1v) is 5.72. The Labute approximate surface area is 114 Å². The number of nitrogens with one attached hydrogen (secondary N) is 3. The molecular formula is C10H18N4O6. The van der Waals surface area contributed by atoms with Gasteiger partial charge in [-0.15, -0.1) is 0 Å². The zero-order valence-corrected chi connectivity index (χ0v) is 10.9.